The van der Waals surface area contributed by atoms with Crippen LogP contribution in [-0.2, 0) is 16.1 Å². The van der Waals surface area contributed by atoms with Crippen molar-refractivity contribution in [1.82, 2.24) is 15.2 Å². The summed E-state index contributed by atoms with van der Waals surface area (Å²) >= 11 is 0. The smallest absolute Gasteiger partial charge is 0.323 e. The molecule has 0 aliphatic rings. The van der Waals surface area contributed by atoms with Crippen LogP contribution in [0.4, 0.5) is 4.79 Å². The highest BCUT2D eigenvalue weighted by Crippen LogP contribution is 1.98. The van der Waals surface area contributed by atoms with E-state index in [1.807, 2.05) is 13.0 Å². The van der Waals surface area contributed by atoms with Gasteiger partial charge < -0.3 is 21.1 Å². The van der Waals surface area contributed by atoms with E-state index in [1.165, 1.54) is 0 Å². The summed E-state index contributed by atoms with van der Waals surface area (Å²) in [5.74, 6) is -2.01. The number of primary amides is 1. The number of carboxylic acids is 1. The molecule has 4 N–H and O–H groups in total. The second-order valence-corrected chi connectivity index (χ2v) is 4.15. The number of nitrogens with one attached hydrogen (secondary N) is 1. The topological polar surface area (TPSA) is 126 Å². The minimum absolute atomic E-state index is 0.134. The van der Waals surface area contributed by atoms with Crippen LogP contribution >= 0.6 is 0 Å². The van der Waals surface area contributed by atoms with Gasteiger partial charge in [-0.1, -0.05) is 6.07 Å². The standard InChI is InChI=1S/C12H16N4O4/c1-8-3-2-4-9(15-8)5-14-12(20)16(6-10(13)17)7-11(18)19/h2-4H,5-7H2,1H3,(H2,13,17)(H,14,20)(H,18,19). The second kappa shape index (κ2) is 7.07. The molecule has 0 saturated carbocycles. The lowest BCUT2D eigenvalue weighted by Gasteiger charge is -2.19. The zero-order chi connectivity index (χ0) is 15.1. The Bertz CT molecular complexity index is 502. The first kappa shape index (κ1) is 15.4. The van der Waals surface area contributed by atoms with E-state index in [-0.39, 0.29) is 6.54 Å². The Balaban J connectivity index is 2.61. The maximum Gasteiger partial charge on any atom is 0.323 e. The van der Waals surface area contributed by atoms with Crippen LogP contribution < -0.4 is 11.1 Å². The van der Waals surface area contributed by atoms with Crippen LogP contribution in [-0.4, -0.2) is 46.0 Å². The van der Waals surface area contributed by atoms with Gasteiger partial charge in [-0.25, -0.2) is 4.79 Å². The van der Waals surface area contributed by atoms with Crippen molar-refractivity contribution in [3.8, 4) is 0 Å². The maximum absolute atomic E-state index is 11.8. The molecule has 0 aromatic carbocycles. The Morgan fingerprint density at radius 1 is 1.35 bits per heavy atom. The molecule has 8 nitrogen and oxygen atoms in total. The Hall–Kier alpha value is -2.64. The molecule has 0 unspecified atom stereocenters. The van der Waals surface area contributed by atoms with Crippen molar-refractivity contribution in [3.05, 3.63) is 29.6 Å². The molecule has 20 heavy (non-hydrogen) atoms. The average molecular weight is 280 g/mol. The number of aliphatic carboxylic acids is 1. The van der Waals surface area contributed by atoms with Crippen LogP contribution in [0, 0.1) is 6.92 Å². The van der Waals surface area contributed by atoms with Crippen LogP contribution in [0.25, 0.3) is 0 Å². The molecule has 0 radical (unpaired) electrons. The van der Waals surface area contributed by atoms with Gasteiger partial charge in [-0.3, -0.25) is 14.6 Å². The zero-order valence-corrected chi connectivity index (χ0v) is 11.0. The molecule has 1 heterocycles. The monoisotopic (exact) mass is 280 g/mol. The molecule has 1 aromatic rings. The number of amides is 3. The van der Waals surface area contributed by atoms with Crippen LogP contribution in [0.1, 0.15) is 11.4 Å². The average Bonchev–Trinajstić information content (AvgIpc) is 2.34. The van der Waals surface area contributed by atoms with E-state index in [0.717, 1.165) is 10.6 Å². The summed E-state index contributed by atoms with van der Waals surface area (Å²) in [6, 6.07) is 4.65. The minimum Gasteiger partial charge on any atom is -0.480 e. The third-order valence-electron chi connectivity index (χ3n) is 2.33. The van der Waals surface area contributed by atoms with Crippen molar-refractivity contribution in [1.29, 1.82) is 0 Å². The van der Waals surface area contributed by atoms with Gasteiger partial charge in [0.25, 0.3) is 0 Å². The number of hydrogen-bond acceptors (Lipinski definition) is 4. The van der Waals surface area contributed by atoms with E-state index in [0.29, 0.717) is 5.69 Å². The number of hydrogen-bond donors (Lipinski definition) is 3. The predicted octanol–water partition coefficient (Wildman–Crippen LogP) is -0.528. The quantitative estimate of drug-likeness (QED) is 0.646. The third kappa shape index (κ3) is 5.34. The van der Waals surface area contributed by atoms with Gasteiger partial charge in [0.15, 0.2) is 0 Å². The summed E-state index contributed by atoms with van der Waals surface area (Å²) in [6.45, 7) is 0.889. The summed E-state index contributed by atoms with van der Waals surface area (Å²) in [5, 5.41) is 11.2. The normalized spacial score (nSPS) is 9.85. The fourth-order valence-corrected chi connectivity index (χ4v) is 1.53. The number of carbonyl (C=O) groups excluding carboxylic acids is 2. The molecule has 0 spiro atoms. The lowest BCUT2D eigenvalue weighted by atomic mass is 10.3. The van der Waals surface area contributed by atoms with Crippen LogP contribution in [0.2, 0.25) is 0 Å². The van der Waals surface area contributed by atoms with E-state index in [4.69, 9.17) is 10.8 Å². The highest BCUT2D eigenvalue weighted by molar-refractivity contribution is 5.85. The van der Waals surface area contributed by atoms with Crippen molar-refractivity contribution in [2.45, 2.75) is 13.5 Å². The highest BCUT2D eigenvalue weighted by Gasteiger charge is 2.18. The lowest BCUT2D eigenvalue weighted by Crippen LogP contribution is -2.46. The predicted molar refractivity (Wildman–Crippen MR) is 69.6 cm³/mol. The molecular weight excluding hydrogens is 264 g/mol. The van der Waals surface area contributed by atoms with Crippen LogP contribution in [0.3, 0.4) is 0 Å². The van der Waals surface area contributed by atoms with E-state index in [2.05, 4.69) is 10.3 Å². The van der Waals surface area contributed by atoms with Gasteiger partial charge in [0.2, 0.25) is 5.91 Å². The molecule has 0 aliphatic heterocycles. The van der Waals surface area contributed by atoms with E-state index in [1.54, 1.807) is 12.1 Å². The highest BCUT2D eigenvalue weighted by atomic mass is 16.4. The number of urea groups is 1. The summed E-state index contributed by atoms with van der Waals surface area (Å²) in [4.78, 5) is 38.2. The van der Waals surface area contributed by atoms with E-state index >= 15 is 0 Å². The molecule has 3 amide bonds. The number of carbonyl (C=O) groups is 3. The molecule has 108 valence electrons. The van der Waals surface area contributed by atoms with Crippen molar-refractivity contribution < 1.29 is 19.5 Å². The SMILES string of the molecule is Cc1cccc(CNC(=O)N(CC(N)=O)CC(=O)O)n1. The van der Waals surface area contributed by atoms with Gasteiger partial charge in [-0.05, 0) is 19.1 Å². The molecule has 0 fully saturated rings. The molecule has 1 aromatic heterocycles. The van der Waals surface area contributed by atoms with Crippen LogP contribution in [0.15, 0.2) is 18.2 Å². The molecule has 0 aliphatic carbocycles. The number of aryl methyl sites for hydroxylation is 1. The molecule has 0 bridgehead atoms. The maximum atomic E-state index is 11.8. The summed E-state index contributed by atoms with van der Waals surface area (Å²) in [5.41, 5.74) is 6.40. The molecule has 0 saturated heterocycles. The first-order valence-electron chi connectivity index (χ1n) is 5.84. The number of rotatable bonds is 6. The van der Waals surface area contributed by atoms with E-state index in [9.17, 15) is 14.4 Å². The number of aromatic nitrogens is 1. The van der Waals surface area contributed by atoms with Crippen molar-refractivity contribution in [3.63, 3.8) is 0 Å². The van der Waals surface area contributed by atoms with Crippen molar-refractivity contribution in [2.75, 3.05) is 13.1 Å². The molecular formula is C12H16N4O4. The Morgan fingerprint density at radius 3 is 2.60 bits per heavy atom. The Morgan fingerprint density at radius 2 is 2.05 bits per heavy atom. The third-order valence-corrected chi connectivity index (χ3v) is 2.33. The number of nitrogens with zero attached hydrogens (tertiary/aromatic N) is 2. The van der Waals surface area contributed by atoms with Crippen LogP contribution in [0.5, 0.6) is 0 Å². The van der Waals surface area contributed by atoms with Gasteiger partial charge >= 0.3 is 12.0 Å². The van der Waals surface area contributed by atoms with E-state index < -0.39 is 31.0 Å². The van der Waals surface area contributed by atoms with Crippen molar-refractivity contribution >= 4 is 17.9 Å². The number of pyridine rings is 1. The minimum atomic E-state index is -1.23. The van der Waals surface area contributed by atoms with Gasteiger partial charge in [-0.15, -0.1) is 0 Å². The lowest BCUT2D eigenvalue weighted by molar-refractivity contribution is -0.137. The Kier molecular flexibility index (Phi) is 5.45. The summed E-state index contributed by atoms with van der Waals surface area (Å²) in [6.07, 6.45) is 0. The van der Waals surface area contributed by atoms with Gasteiger partial charge in [0, 0.05) is 5.69 Å². The largest absolute Gasteiger partial charge is 0.480 e. The second-order valence-electron chi connectivity index (χ2n) is 4.15. The first-order chi connectivity index (χ1) is 9.38. The first-order valence-corrected chi connectivity index (χ1v) is 5.84. The fourth-order valence-electron chi connectivity index (χ4n) is 1.53. The number of carboxylic acid groups (broad SMARTS) is 1. The summed E-state index contributed by atoms with van der Waals surface area (Å²) in [7, 11) is 0. The molecule has 8 heteroatoms. The van der Waals surface area contributed by atoms with Gasteiger partial charge in [-0.2, -0.15) is 0 Å². The van der Waals surface area contributed by atoms with Gasteiger partial charge in [0.1, 0.15) is 13.1 Å². The zero-order valence-electron chi connectivity index (χ0n) is 11.0. The number of nitrogens with two attached hydrogens (primary N) is 1. The fraction of sp³-hybridized carbons (Fsp3) is 0.333. The van der Waals surface area contributed by atoms with Crippen molar-refractivity contribution in [2.24, 2.45) is 5.73 Å². The summed E-state index contributed by atoms with van der Waals surface area (Å²) < 4.78 is 0. The Labute approximate surface area is 115 Å². The van der Waals surface area contributed by atoms with Gasteiger partial charge in [0.05, 0.1) is 12.2 Å². The molecule has 0 atom stereocenters. The molecule has 1 rings (SSSR count).